The number of hydrogen-bond donors (Lipinski definition) is 2. The van der Waals surface area contributed by atoms with E-state index in [2.05, 4.69) is 23.5 Å². The molecular weight excluding hydrogens is 140 g/mol. The van der Waals surface area contributed by atoms with Crippen LogP contribution in [-0.2, 0) is 6.61 Å². The van der Waals surface area contributed by atoms with Crippen LogP contribution in [0.4, 0.5) is 0 Å². The molecule has 1 aromatic heterocycles. The maximum absolute atomic E-state index is 8.33. The van der Waals surface area contributed by atoms with Gasteiger partial charge < -0.3 is 10.1 Å². The number of H-pyrrole nitrogens is 1. The fraction of sp³-hybridized carbons (Fsp3) is 0.375. The number of aromatic amines is 1. The van der Waals surface area contributed by atoms with Crippen LogP contribution in [0.25, 0.3) is 0 Å². The molecule has 0 amide bonds. The minimum Gasteiger partial charge on any atom is -0.388 e. The Kier molecular flexibility index (Phi) is 6.33. The summed E-state index contributed by atoms with van der Waals surface area (Å²) in [6, 6.07) is 0. The number of aliphatic hydroxyl groups excluding tert-OH is 1. The van der Waals surface area contributed by atoms with Crippen molar-refractivity contribution >= 4 is 0 Å². The Morgan fingerprint density at radius 2 is 2.45 bits per heavy atom. The largest absolute Gasteiger partial charge is 0.388 e. The SMILES string of the molecule is C=CCC.OCc1ncc[nH]1. The van der Waals surface area contributed by atoms with Crippen LogP contribution in [0.2, 0.25) is 0 Å². The molecule has 62 valence electrons. The summed E-state index contributed by atoms with van der Waals surface area (Å²) >= 11 is 0. The molecule has 0 spiro atoms. The van der Waals surface area contributed by atoms with E-state index in [1.165, 1.54) is 0 Å². The summed E-state index contributed by atoms with van der Waals surface area (Å²) in [4.78, 5) is 6.45. The number of nitrogens with zero attached hydrogens (tertiary/aromatic N) is 1. The molecule has 0 aliphatic heterocycles. The highest BCUT2D eigenvalue weighted by molar-refractivity contribution is 4.82. The second-order valence-corrected chi connectivity index (χ2v) is 1.89. The fourth-order valence-electron chi connectivity index (χ4n) is 0.384. The van der Waals surface area contributed by atoms with Crippen molar-refractivity contribution in [2.75, 3.05) is 0 Å². The van der Waals surface area contributed by atoms with Gasteiger partial charge in [0.15, 0.2) is 0 Å². The topological polar surface area (TPSA) is 48.9 Å². The predicted molar refractivity (Wildman–Crippen MR) is 45.0 cm³/mol. The van der Waals surface area contributed by atoms with Crippen molar-refractivity contribution in [2.45, 2.75) is 20.0 Å². The Balaban J connectivity index is 0.000000218. The molecule has 0 aromatic carbocycles. The number of rotatable bonds is 2. The number of hydrogen-bond acceptors (Lipinski definition) is 2. The van der Waals surface area contributed by atoms with E-state index < -0.39 is 0 Å². The van der Waals surface area contributed by atoms with Gasteiger partial charge in [-0.15, -0.1) is 6.58 Å². The van der Waals surface area contributed by atoms with E-state index in [0.717, 1.165) is 6.42 Å². The molecule has 3 nitrogen and oxygen atoms in total. The summed E-state index contributed by atoms with van der Waals surface area (Å²) in [5, 5.41) is 8.33. The second kappa shape index (κ2) is 7.02. The Hall–Kier alpha value is -1.09. The predicted octanol–water partition coefficient (Wildman–Crippen LogP) is 1.48. The number of imidazole rings is 1. The Morgan fingerprint density at radius 1 is 1.82 bits per heavy atom. The second-order valence-electron chi connectivity index (χ2n) is 1.89. The third kappa shape index (κ3) is 5.36. The maximum Gasteiger partial charge on any atom is 0.131 e. The molecule has 0 radical (unpaired) electrons. The summed E-state index contributed by atoms with van der Waals surface area (Å²) in [6.07, 6.45) is 6.23. The highest BCUT2D eigenvalue weighted by Crippen LogP contribution is 1.83. The Morgan fingerprint density at radius 3 is 2.64 bits per heavy atom. The fourth-order valence-corrected chi connectivity index (χ4v) is 0.384. The first-order valence-electron chi connectivity index (χ1n) is 3.55. The zero-order chi connectivity index (χ0) is 8.53. The van der Waals surface area contributed by atoms with Crippen LogP contribution in [-0.4, -0.2) is 15.1 Å². The molecule has 0 fully saturated rings. The third-order valence-corrected chi connectivity index (χ3v) is 0.993. The van der Waals surface area contributed by atoms with Crippen LogP contribution < -0.4 is 0 Å². The molecule has 0 saturated carbocycles. The molecule has 2 N–H and O–H groups in total. The van der Waals surface area contributed by atoms with E-state index in [9.17, 15) is 0 Å². The molecule has 0 aliphatic carbocycles. The van der Waals surface area contributed by atoms with Gasteiger partial charge in [-0.25, -0.2) is 4.98 Å². The minimum atomic E-state index is -0.00694. The van der Waals surface area contributed by atoms with Crippen molar-refractivity contribution in [2.24, 2.45) is 0 Å². The van der Waals surface area contributed by atoms with E-state index in [-0.39, 0.29) is 6.61 Å². The van der Waals surface area contributed by atoms with Crippen molar-refractivity contribution in [3.05, 3.63) is 30.9 Å². The van der Waals surface area contributed by atoms with Crippen LogP contribution in [0.1, 0.15) is 19.2 Å². The average molecular weight is 154 g/mol. The van der Waals surface area contributed by atoms with E-state index in [0.29, 0.717) is 5.82 Å². The van der Waals surface area contributed by atoms with Gasteiger partial charge in [0.2, 0.25) is 0 Å². The van der Waals surface area contributed by atoms with Crippen molar-refractivity contribution in [1.29, 1.82) is 0 Å². The number of allylic oxidation sites excluding steroid dienone is 1. The van der Waals surface area contributed by atoms with Gasteiger partial charge >= 0.3 is 0 Å². The summed E-state index contributed by atoms with van der Waals surface area (Å²) in [5.41, 5.74) is 0. The van der Waals surface area contributed by atoms with E-state index in [1.807, 2.05) is 6.08 Å². The molecule has 0 bridgehead atoms. The van der Waals surface area contributed by atoms with Gasteiger partial charge in [0.05, 0.1) is 0 Å². The third-order valence-electron chi connectivity index (χ3n) is 0.993. The van der Waals surface area contributed by atoms with Crippen molar-refractivity contribution in [3.8, 4) is 0 Å². The average Bonchev–Trinajstić information content (AvgIpc) is 2.56. The standard InChI is InChI=1S/C4H6N2O.C4H8/c7-3-4-5-1-2-6-4;1-3-4-2/h1-2,7H,3H2,(H,5,6);3H,1,4H2,2H3. The summed E-state index contributed by atoms with van der Waals surface area (Å²) < 4.78 is 0. The number of aliphatic hydroxyl groups is 1. The molecule has 1 heterocycles. The number of aromatic nitrogens is 2. The summed E-state index contributed by atoms with van der Waals surface area (Å²) in [6.45, 7) is 5.53. The van der Waals surface area contributed by atoms with E-state index in [4.69, 9.17) is 5.11 Å². The summed E-state index contributed by atoms with van der Waals surface area (Å²) in [5.74, 6) is 0.611. The maximum atomic E-state index is 8.33. The zero-order valence-electron chi connectivity index (χ0n) is 6.75. The molecule has 0 aliphatic rings. The normalized spacial score (nSPS) is 8.18. The Labute approximate surface area is 66.8 Å². The lowest BCUT2D eigenvalue weighted by Crippen LogP contribution is -1.82. The zero-order valence-corrected chi connectivity index (χ0v) is 6.75. The molecule has 1 rings (SSSR count). The number of nitrogens with one attached hydrogen (secondary N) is 1. The van der Waals surface area contributed by atoms with E-state index in [1.54, 1.807) is 12.4 Å². The molecule has 0 atom stereocenters. The quantitative estimate of drug-likeness (QED) is 0.634. The first-order chi connectivity index (χ1) is 5.35. The molecule has 0 saturated heterocycles. The lowest BCUT2D eigenvalue weighted by Gasteiger charge is -1.79. The molecule has 3 heteroatoms. The monoisotopic (exact) mass is 154 g/mol. The Bertz CT molecular complexity index is 170. The van der Waals surface area contributed by atoms with Crippen LogP contribution in [0.15, 0.2) is 25.0 Å². The van der Waals surface area contributed by atoms with Gasteiger partial charge in [-0.2, -0.15) is 0 Å². The van der Waals surface area contributed by atoms with Crippen molar-refractivity contribution < 1.29 is 5.11 Å². The smallest absolute Gasteiger partial charge is 0.131 e. The van der Waals surface area contributed by atoms with Gasteiger partial charge in [-0.3, -0.25) is 0 Å². The van der Waals surface area contributed by atoms with Crippen LogP contribution in [0.5, 0.6) is 0 Å². The van der Waals surface area contributed by atoms with Crippen molar-refractivity contribution in [1.82, 2.24) is 9.97 Å². The highest BCUT2D eigenvalue weighted by atomic mass is 16.3. The lowest BCUT2D eigenvalue weighted by molar-refractivity contribution is 0.272. The molecule has 11 heavy (non-hydrogen) atoms. The van der Waals surface area contributed by atoms with Crippen molar-refractivity contribution in [3.63, 3.8) is 0 Å². The lowest BCUT2D eigenvalue weighted by atomic mass is 10.5. The highest BCUT2D eigenvalue weighted by Gasteiger charge is 1.84. The first kappa shape index (κ1) is 9.91. The molecule has 0 unspecified atom stereocenters. The first-order valence-corrected chi connectivity index (χ1v) is 3.55. The van der Waals surface area contributed by atoms with E-state index >= 15 is 0 Å². The van der Waals surface area contributed by atoms with Gasteiger partial charge in [0, 0.05) is 12.4 Å². The van der Waals surface area contributed by atoms with Gasteiger partial charge in [-0.1, -0.05) is 13.0 Å². The van der Waals surface area contributed by atoms with Gasteiger partial charge in [0.1, 0.15) is 12.4 Å². The van der Waals surface area contributed by atoms with Crippen LogP contribution >= 0.6 is 0 Å². The minimum absolute atomic E-state index is 0.00694. The molecular formula is C8H14N2O. The van der Waals surface area contributed by atoms with Crippen LogP contribution in [0, 0.1) is 0 Å². The van der Waals surface area contributed by atoms with Gasteiger partial charge in [0.25, 0.3) is 0 Å². The van der Waals surface area contributed by atoms with Crippen LogP contribution in [0.3, 0.4) is 0 Å². The van der Waals surface area contributed by atoms with Gasteiger partial charge in [-0.05, 0) is 6.42 Å². The summed E-state index contributed by atoms with van der Waals surface area (Å²) in [7, 11) is 0. The molecule has 1 aromatic rings.